The van der Waals surface area contributed by atoms with Crippen LogP contribution in [0.2, 0.25) is 0 Å². The van der Waals surface area contributed by atoms with Crippen molar-refractivity contribution in [1.29, 1.82) is 0 Å². The lowest BCUT2D eigenvalue weighted by Gasteiger charge is -2.29. The number of pyridine rings is 1. The van der Waals surface area contributed by atoms with Gasteiger partial charge in [-0.1, -0.05) is 12.1 Å². The number of aromatic nitrogens is 3. The number of ether oxygens (including phenoxy) is 1. The highest BCUT2D eigenvalue weighted by Crippen LogP contribution is 2.32. The second kappa shape index (κ2) is 12.4. The van der Waals surface area contributed by atoms with Gasteiger partial charge >= 0.3 is 6.03 Å². The first-order valence-corrected chi connectivity index (χ1v) is 14.2. The van der Waals surface area contributed by atoms with Gasteiger partial charge in [0.1, 0.15) is 11.6 Å². The summed E-state index contributed by atoms with van der Waals surface area (Å²) >= 11 is 0. The number of fused-ring (bicyclic) bond motifs is 1. The molecule has 0 atom stereocenters. The summed E-state index contributed by atoms with van der Waals surface area (Å²) in [5.41, 5.74) is 5.42. The third-order valence-corrected chi connectivity index (χ3v) is 7.24. The summed E-state index contributed by atoms with van der Waals surface area (Å²) in [5.74, 6) is 0.365. The highest BCUT2D eigenvalue weighted by molar-refractivity contribution is 6.00. The molecule has 0 saturated carbocycles. The van der Waals surface area contributed by atoms with Crippen LogP contribution in [-0.4, -0.2) is 53.2 Å². The van der Waals surface area contributed by atoms with Gasteiger partial charge in [-0.15, -0.1) is 0 Å². The van der Waals surface area contributed by atoms with E-state index in [1.807, 2.05) is 31.2 Å². The molecule has 1 aliphatic heterocycles. The fourth-order valence-corrected chi connectivity index (χ4v) is 5.10. The van der Waals surface area contributed by atoms with Crippen molar-refractivity contribution in [2.24, 2.45) is 0 Å². The monoisotopic (exact) mass is 591 g/mol. The Morgan fingerprint density at radius 3 is 2.32 bits per heavy atom. The maximum absolute atomic E-state index is 14.3. The van der Waals surface area contributed by atoms with Gasteiger partial charge in [-0.25, -0.2) is 19.2 Å². The smallest absolute Gasteiger partial charge is 0.323 e. The molecule has 2 aromatic heterocycles. The highest BCUT2D eigenvalue weighted by atomic mass is 19.1. The van der Waals surface area contributed by atoms with Crippen LogP contribution in [0.15, 0.2) is 79.0 Å². The van der Waals surface area contributed by atoms with Gasteiger partial charge in [-0.3, -0.25) is 9.78 Å². The molecular weight excluding hydrogens is 561 g/mol. The second-order valence-electron chi connectivity index (χ2n) is 10.4. The van der Waals surface area contributed by atoms with Crippen molar-refractivity contribution in [2.75, 3.05) is 47.2 Å². The molecule has 222 valence electrons. The molecule has 44 heavy (non-hydrogen) atoms. The molecule has 6 rings (SSSR count). The Balaban J connectivity index is 1.26. The molecular formula is C33H30FN7O3. The van der Waals surface area contributed by atoms with Gasteiger partial charge in [0.05, 0.1) is 24.4 Å². The number of amides is 3. The number of anilines is 4. The summed E-state index contributed by atoms with van der Waals surface area (Å²) < 4.78 is 19.8. The number of urea groups is 1. The number of morpholine rings is 1. The molecule has 0 bridgehead atoms. The van der Waals surface area contributed by atoms with Crippen LogP contribution in [0.1, 0.15) is 12.6 Å². The van der Waals surface area contributed by atoms with Crippen molar-refractivity contribution in [1.82, 2.24) is 15.0 Å². The van der Waals surface area contributed by atoms with Gasteiger partial charge in [-0.05, 0) is 73.2 Å². The topological polar surface area (TPSA) is 121 Å². The van der Waals surface area contributed by atoms with E-state index in [0.29, 0.717) is 24.7 Å². The van der Waals surface area contributed by atoms with Crippen LogP contribution < -0.4 is 20.9 Å². The number of aryl methyl sites for hydroxylation is 1. The number of halogens is 1. The molecule has 1 saturated heterocycles. The van der Waals surface area contributed by atoms with E-state index in [1.165, 1.54) is 19.1 Å². The summed E-state index contributed by atoms with van der Waals surface area (Å²) in [6, 6.07) is 20.9. The van der Waals surface area contributed by atoms with Crippen molar-refractivity contribution in [3.05, 3.63) is 90.5 Å². The zero-order valence-electron chi connectivity index (χ0n) is 24.2. The average Bonchev–Trinajstić information content (AvgIpc) is 3.02. The third-order valence-electron chi connectivity index (χ3n) is 7.24. The number of carbonyl (C=O) groups is 2. The molecule has 3 amide bonds. The van der Waals surface area contributed by atoms with E-state index < -0.39 is 11.8 Å². The van der Waals surface area contributed by atoms with Crippen LogP contribution in [-0.2, 0) is 9.53 Å². The first-order chi connectivity index (χ1) is 21.3. The number of rotatable bonds is 6. The number of hydrogen-bond acceptors (Lipinski definition) is 7. The number of benzene rings is 3. The summed E-state index contributed by atoms with van der Waals surface area (Å²) in [5, 5.41) is 8.69. The summed E-state index contributed by atoms with van der Waals surface area (Å²) in [6.45, 7) is 5.99. The molecule has 11 heteroatoms. The standard InChI is InChI=1S/C33H30FN7O3/c1-20-26(4-3-13-35-20)23-7-11-27-30(18-23)39-31(40-32(27)41-14-16-44-17-15-41)22-5-8-24(9-6-22)37-33(43)38-25-10-12-29(28(34)19-25)36-21(2)42/h3-13,18-19H,14-17H2,1-2H3,(H,36,42)(H2,37,38,43). The van der Waals surface area contributed by atoms with Crippen LogP contribution >= 0.6 is 0 Å². The van der Waals surface area contributed by atoms with E-state index in [0.717, 1.165) is 58.3 Å². The Morgan fingerprint density at radius 1 is 0.864 bits per heavy atom. The quantitative estimate of drug-likeness (QED) is 0.214. The first-order valence-electron chi connectivity index (χ1n) is 14.2. The van der Waals surface area contributed by atoms with Crippen LogP contribution in [0.4, 0.5) is 32.1 Å². The molecule has 0 unspecified atom stereocenters. The number of nitrogens with zero attached hydrogens (tertiary/aromatic N) is 4. The van der Waals surface area contributed by atoms with Crippen LogP contribution in [0.3, 0.4) is 0 Å². The molecule has 3 heterocycles. The predicted molar refractivity (Wildman–Crippen MR) is 169 cm³/mol. The Bertz CT molecular complexity index is 1860. The van der Waals surface area contributed by atoms with Crippen molar-refractivity contribution in [2.45, 2.75) is 13.8 Å². The zero-order chi connectivity index (χ0) is 30.6. The fourth-order valence-electron chi connectivity index (χ4n) is 5.10. The summed E-state index contributed by atoms with van der Waals surface area (Å²) in [4.78, 5) is 40.4. The van der Waals surface area contributed by atoms with Crippen molar-refractivity contribution in [3.8, 4) is 22.5 Å². The Labute approximate surface area is 253 Å². The van der Waals surface area contributed by atoms with E-state index in [-0.39, 0.29) is 17.3 Å². The van der Waals surface area contributed by atoms with Crippen molar-refractivity contribution in [3.63, 3.8) is 0 Å². The van der Waals surface area contributed by atoms with Gasteiger partial charge in [0.15, 0.2) is 5.82 Å². The minimum absolute atomic E-state index is 0.0372. The molecule has 0 radical (unpaired) electrons. The second-order valence-corrected chi connectivity index (χ2v) is 10.4. The van der Waals surface area contributed by atoms with Crippen LogP contribution in [0.5, 0.6) is 0 Å². The fraction of sp³-hybridized carbons (Fsp3) is 0.182. The minimum Gasteiger partial charge on any atom is -0.378 e. The maximum Gasteiger partial charge on any atom is 0.323 e. The van der Waals surface area contributed by atoms with Gasteiger partial charge in [-0.2, -0.15) is 0 Å². The van der Waals surface area contributed by atoms with Gasteiger partial charge in [0, 0.05) is 59.8 Å². The predicted octanol–water partition coefficient (Wildman–Crippen LogP) is 6.25. The highest BCUT2D eigenvalue weighted by Gasteiger charge is 2.19. The Hall–Kier alpha value is -5.42. The summed E-state index contributed by atoms with van der Waals surface area (Å²) in [7, 11) is 0. The third kappa shape index (κ3) is 6.32. The molecule has 3 N–H and O–H groups in total. The van der Waals surface area contributed by atoms with Gasteiger partial charge < -0.3 is 25.6 Å². The number of hydrogen-bond donors (Lipinski definition) is 3. The molecule has 0 spiro atoms. The average molecular weight is 592 g/mol. The SMILES string of the molecule is CC(=O)Nc1ccc(NC(=O)Nc2ccc(-c3nc(N4CCOCC4)c4ccc(-c5cccnc5C)cc4n3)cc2)cc1F. The number of nitrogens with one attached hydrogen (secondary N) is 3. The van der Waals surface area contributed by atoms with E-state index in [1.54, 1.807) is 18.3 Å². The van der Waals surface area contributed by atoms with Crippen LogP contribution in [0.25, 0.3) is 33.4 Å². The number of carbonyl (C=O) groups excluding carboxylic acids is 2. The molecule has 1 aliphatic rings. The molecule has 0 aliphatic carbocycles. The Kier molecular flexibility index (Phi) is 8.11. The molecule has 1 fully saturated rings. The van der Waals surface area contributed by atoms with Crippen molar-refractivity contribution < 1.29 is 18.7 Å². The summed E-state index contributed by atoms with van der Waals surface area (Å²) in [6.07, 6.45) is 1.78. The van der Waals surface area contributed by atoms with E-state index in [4.69, 9.17) is 14.7 Å². The van der Waals surface area contributed by atoms with Crippen molar-refractivity contribution >= 4 is 45.7 Å². The maximum atomic E-state index is 14.3. The lowest BCUT2D eigenvalue weighted by molar-refractivity contribution is -0.114. The lowest BCUT2D eigenvalue weighted by atomic mass is 10.0. The lowest BCUT2D eigenvalue weighted by Crippen LogP contribution is -2.37. The largest absolute Gasteiger partial charge is 0.378 e. The van der Waals surface area contributed by atoms with E-state index >= 15 is 0 Å². The molecule has 3 aromatic carbocycles. The zero-order valence-corrected chi connectivity index (χ0v) is 24.2. The first kappa shape index (κ1) is 28.7. The molecule has 5 aromatic rings. The Morgan fingerprint density at radius 2 is 1.59 bits per heavy atom. The minimum atomic E-state index is -0.656. The van der Waals surface area contributed by atoms with Gasteiger partial charge in [0.25, 0.3) is 0 Å². The normalized spacial score (nSPS) is 13.0. The van der Waals surface area contributed by atoms with E-state index in [9.17, 15) is 14.0 Å². The van der Waals surface area contributed by atoms with E-state index in [2.05, 4.69) is 44.0 Å². The molecule has 10 nitrogen and oxygen atoms in total. The van der Waals surface area contributed by atoms with Gasteiger partial charge in [0.2, 0.25) is 5.91 Å². The van der Waals surface area contributed by atoms with Crippen LogP contribution in [0, 0.1) is 12.7 Å².